The normalized spacial score (nSPS) is 23.0. The Morgan fingerprint density at radius 2 is 2.11 bits per heavy atom. The van der Waals surface area contributed by atoms with Crippen molar-refractivity contribution in [1.82, 2.24) is 0 Å². The number of carbonyl (C=O) groups excluding carboxylic acids is 1. The van der Waals surface area contributed by atoms with Crippen molar-refractivity contribution in [2.75, 3.05) is 18.0 Å². The van der Waals surface area contributed by atoms with Crippen LogP contribution in [0.3, 0.4) is 0 Å². The van der Waals surface area contributed by atoms with Crippen molar-refractivity contribution in [2.45, 2.75) is 32.0 Å². The Labute approximate surface area is 108 Å². The molecule has 2 atom stereocenters. The Balaban J connectivity index is 2.07. The molecule has 0 unspecified atom stereocenters. The van der Waals surface area contributed by atoms with E-state index in [1.165, 1.54) is 0 Å². The maximum atomic E-state index is 12.4. The number of para-hydroxylation sites is 1. The third-order valence-corrected chi connectivity index (χ3v) is 3.30. The molecule has 0 aliphatic carbocycles. The highest BCUT2D eigenvalue weighted by Crippen LogP contribution is 2.23. The van der Waals surface area contributed by atoms with Crippen LogP contribution in [0.15, 0.2) is 30.3 Å². The molecule has 1 saturated heterocycles. The van der Waals surface area contributed by atoms with E-state index in [2.05, 4.69) is 0 Å². The van der Waals surface area contributed by atoms with Crippen molar-refractivity contribution in [3.63, 3.8) is 0 Å². The third kappa shape index (κ3) is 2.71. The molecule has 0 spiro atoms. The summed E-state index contributed by atoms with van der Waals surface area (Å²) in [5.41, 5.74) is 6.49. The molecule has 0 aromatic heterocycles. The van der Waals surface area contributed by atoms with Crippen molar-refractivity contribution in [1.29, 1.82) is 0 Å². The second-order valence-electron chi connectivity index (χ2n) is 4.48. The summed E-state index contributed by atoms with van der Waals surface area (Å²) >= 11 is 0. The Morgan fingerprint density at radius 1 is 1.39 bits per heavy atom. The van der Waals surface area contributed by atoms with Crippen LogP contribution in [0.5, 0.6) is 0 Å². The number of hydrogen-bond donors (Lipinski definition) is 1. The quantitative estimate of drug-likeness (QED) is 0.879. The number of nitrogens with two attached hydrogens (primary N) is 1. The summed E-state index contributed by atoms with van der Waals surface area (Å²) in [6.07, 6.45) is 1.34. The van der Waals surface area contributed by atoms with Crippen molar-refractivity contribution in [3.8, 4) is 0 Å². The molecule has 1 heterocycles. The summed E-state index contributed by atoms with van der Waals surface area (Å²) in [5.74, 6) is 0.0413. The minimum atomic E-state index is -0.335. The van der Waals surface area contributed by atoms with Crippen LogP contribution in [0, 0.1) is 0 Å². The molecule has 18 heavy (non-hydrogen) atoms. The first-order valence-electron chi connectivity index (χ1n) is 6.48. The second-order valence-corrected chi connectivity index (χ2v) is 4.48. The minimum Gasteiger partial charge on any atom is -0.364 e. The van der Waals surface area contributed by atoms with E-state index in [4.69, 9.17) is 10.5 Å². The molecule has 1 aromatic carbocycles. The molecular weight excluding hydrogens is 228 g/mol. The fourth-order valence-electron chi connectivity index (χ4n) is 2.31. The zero-order valence-corrected chi connectivity index (χ0v) is 10.7. The molecule has 0 bridgehead atoms. The third-order valence-electron chi connectivity index (χ3n) is 3.30. The molecule has 1 amide bonds. The van der Waals surface area contributed by atoms with E-state index < -0.39 is 0 Å². The summed E-state index contributed by atoms with van der Waals surface area (Å²) < 4.78 is 5.66. The van der Waals surface area contributed by atoms with Gasteiger partial charge in [-0.1, -0.05) is 18.2 Å². The van der Waals surface area contributed by atoms with Crippen LogP contribution < -0.4 is 10.6 Å². The number of rotatable bonds is 4. The maximum absolute atomic E-state index is 12.4. The number of hydrogen-bond acceptors (Lipinski definition) is 3. The molecule has 98 valence electrons. The molecule has 0 radical (unpaired) electrons. The summed E-state index contributed by atoms with van der Waals surface area (Å²) in [6.45, 7) is 3.11. The van der Waals surface area contributed by atoms with Gasteiger partial charge in [0, 0.05) is 18.8 Å². The van der Waals surface area contributed by atoms with E-state index in [9.17, 15) is 4.79 Å². The lowest BCUT2D eigenvalue weighted by molar-refractivity contribution is -0.129. The van der Waals surface area contributed by atoms with Crippen LogP contribution in [-0.2, 0) is 9.53 Å². The van der Waals surface area contributed by atoms with Gasteiger partial charge >= 0.3 is 0 Å². The van der Waals surface area contributed by atoms with Crippen LogP contribution in [-0.4, -0.2) is 31.2 Å². The number of carbonyl (C=O) groups is 1. The number of benzene rings is 1. The van der Waals surface area contributed by atoms with Crippen LogP contribution in [0.4, 0.5) is 5.69 Å². The lowest BCUT2D eigenvalue weighted by atomic mass is 10.1. The van der Waals surface area contributed by atoms with E-state index in [0.29, 0.717) is 13.1 Å². The van der Waals surface area contributed by atoms with Crippen LogP contribution >= 0.6 is 0 Å². The average Bonchev–Trinajstić information content (AvgIpc) is 2.89. The molecular formula is C14H20N2O2. The fourth-order valence-corrected chi connectivity index (χ4v) is 2.31. The first-order valence-corrected chi connectivity index (χ1v) is 6.48. The van der Waals surface area contributed by atoms with Gasteiger partial charge in [-0.15, -0.1) is 0 Å². The van der Waals surface area contributed by atoms with Gasteiger partial charge in [0.25, 0.3) is 5.91 Å². The maximum Gasteiger partial charge on any atom is 0.256 e. The Morgan fingerprint density at radius 3 is 2.67 bits per heavy atom. The summed E-state index contributed by atoms with van der Waals surface area (Å²) in [6, 6.07) is 9.69. The molecule has 1 aliphatic heterocycles. The van der Waals surface area contributed by atoms with Crippen LogP contribution in [0.25, 0.3) is 0 Å². The van der Waals surface area contributed by atoms with Crippen LogP contribution in [0.1, 0.15) is 19.8 Å². The summed E-state index contributed by atoms with van der Waals surface area (Å²) in [4.78, 5) is 14.2. The van der Waals surface area contributed by atoms with Gasteiger partial charge in [-0.3, -0.25) is 4.79 Å². The molecule has 1 aromatic rings. The molecule has 2 rings (SSSR count). The molecule has 4 nitrogen and oxygen atoms in total. The lowest BCUT2D eigenvalue weighted by Gasteiger charge is -2.24. The highest BCUT2D eigenvalue weighted by atomic mass is 16.5. The predicted molar refractivity (Wildman–Crippen MR) is 71.4 cm³/mol. The first kappa shape index (κ1) is 13.1. The molecule has 4 heteroatoms. The SMILES string of the molecule is CCN(C(=O)[C@@H]1CC[C@H](CN)O1)c1ccccc1. The lowest BCUT2D eigenvalue weighted by Crippen LogP contribution is -2.39. The number of anilines is 1. The summed E-state index contributed by atoms with van der Waals surface area (Å²) in [5, 5.41) is 0. The number of nitrogens with zero attached hydrogens (tertiary/aromatic N) is 1. The molecule has 0 saturated carbocycles. The van der Waals surface area contributed by atoms with Gasteiger partial charge < -0.3 is 15.4 Å². The molecule has 2 N–H and O–H groups in total. The van der Waals surface area contributed by atoms with E-state index in [1.54, 1.807) is 4.90 Å². The fraction of sp³-hybridized carbons (Fsp3) is 0.500. The van der Waals surface area contributed by atoms with Crippen molar-refractivity contribution in [3.05, 3.63) is 30.3 Å². The van der Waals surface area contributed by atoms with Gasteiger partial charge in [0.15, 0.2) is 0 Å². The van der Waals surface area contributed by atoms with Crippen molar-refractivity contribution < 1.29 is 9.53 Å². The Kier molecular flexibility index (Phi) is 4.33. The molecule has 1 fully saturated rings. The largest absolute Gasteiger partial charge is 0.364 e. The van der Waals surface area contributed by atoms with Gasteiger partial charge in [-0.2, -0.15) is 0 Å². The zero-order chi connectivity index (χ0) is 13.0. The topological polar surface area (TPSA) is 55.6 Å². The highest BCUT2D eigenvalue weighted by molar-refractivity contribution is 5.96. The second kappa shape index (κ2) is 5.98. The monoisotopic (exact) mass is 248 g/mol. The summed E-state index contributed by atoms with van der Waals surface area (Å²) in [7, 11) is 0. The average molecular weight is 248 g/mol. The first-order chi connectivity index (χ1) is 8.76. The Bertz CT molecular complexity index is 394. The predicted octanol–water partition coefficient (Wildman–Crippen LogP) is 1.55. The van der Waals surface area contributed by atoms with E-state index in [-0.39, 0.29) is 18.1 Å². The standard InChI is InChI=1S/C14H20N2O2/c1-2-16(11-6-4-3-5-7-11)14(17)13-9-8-12(10-15)18-13/h3-7,12-13H,2,8-10,15H2,1H3/t12-,13+/m1/s1. The van der Waals surface area contributed by atoms with E-state index >= 15 is 0 Å². The van der Waals surface area contributed by atoms with Crippen molar-refractivity contribution >= 4 is 11.6 Å². The van der Waals surface area contributed by atoms with Gasteiger partial charge in [0.05, 0.1) is 6.10 Å². The van der Waals surface area contributed by atoms with Gasteiger partial charge in [-0.05, 0) is 31.9 Å². The Hall–Kier alpha value is -1.39. The van der Waals surface area contributed by atoms with Gasteiger partial charge in [0.2, 0.25) is 0 Å². The number of ether oxygens (including phenoxy) is 1. The van der Waals surface area contributed by atoms with Gasteiger partial charge in [-0.25, -0.2) is 0 Å². The number of likely N-dealkylation sites (N-methyl/N-ethyl adjacent to an activating group) is 1. The number of amides is 1. The zero-order valence-electron chi connectivity index (χ0n) is 10.7. The molecule has 1 aliphatic rings. The minimum absolute atomic E-state index is 0.0356. The van der Waals surface area contributed by atoms with Crippen LogP contribution in [0.2, 0.25) is 0 Å². The smallest absolute Gasteiger partial charge is 0.256 e. The van der Waals surface area contributed by atoms with E-state index in [0.717, 1.165) is 18.5 Å². The van der Waals surface area contributed by atoms with E-state index in [1.807, 2.05) is 37.3 Å². The van der Waals surface area contributed by atoms with Gasteiger partial charge in [0.1, 0.15) is 6.10 Å². The van der Waals surface area contributed by atoms with Crippen molar-refractivity contribution in [2.24, 2.45) is 5.73 Å². The highest BCUT2D eigenvalue weighted by Gasteiger charge is 2.32.